The monoisotopic (exact) mass is 573 g/mol. The molecule has 0 aliphatic carbocycles. The number of nitrogens with one attached hydrogen (secondary N) is 1. The zero-order chi connectivity index (χ0) is 25.6. The van der Waals surface area contributed by atoms with E-state index in [0.29, 0.717) is 0 Å². The number of rotatable bonds is 5. The van der Waals surface area contributed by atoms with Crippen LogP contribution in [0.3, 0.4) is 0 Å². The zero-order valence-corrected chi connectivity index (χ0v) is 19.7. The first-order chi connectivity index (χ1) is 15.8. The highest BCUT2D eigenvalue weighted by Gasteiger charge is 2.27. The van der Waals surface area contributed by atoms with Crippen molar-refractivity contribution in [1.29, 1.82) is 0 Å². The summed E-state index contributed by atoms with van der Waals surface area (Å²) in [5, 5.41) is 17.7. The van der Waals surface area contributed by atoms with E-state index in [-0.39, 0.29) is 24.0 Å². The molecule has 0 aliphatic heterocycles. The number of pyridine rings is 1. The van der Waals surface area contributed by atoms with Crippen LogP contribution in [0.1, 0.15) is 23.8 Å². The van der Waals surface area contributed by atoms with Gasteiger partial charge in [0, 0.05) is 15.0 Å². The number of hydrogen-bond acceptors (Lipinski definition) is 11. The Kier molecular flexibility index (Phi) is 8.94. The van der Waals surface area contributed by atoms with Gasteiger partial charge in [0.05, 0.1) is 12.4 Å². The quantitative estimate of drug-likeness (QED) is 0.332. The number of sulfonamides is 1. The zero-order valence-electron chi connectivity index (χ0n) is 15.9. The molecule has 3 heterocycles. The van der Waals surface area contributed by atoms with Gasteiger partial charge in [0.15, 0.2) is 21.7 Å². The van der Waals surface area contributed by atoms with Crippen molar-refractivity contribution in [1.82, 2.24) is 29.6 Å². The molecule has 0 spiro atoms. The van der Waals surface area contributed by atoms with E-state index in [9.17, 15) is 28.1 Å². The van der Waals surface area contributed by atoms with Gasteiger partial charge < -0.3 is 15.2 Å². The van der Waals surface area contributed by atoms with Gasteiger partial charge in [0.1, 0.15) is 10.3 Å². The van der Waals surface area contributed by atoms with Crippen molar-refractivity contribution in [3.63, 3.8) is 0 Å². The molecular formula is C15H11Cl4N7O7S. The average Bonchev–Trinajstić information content (AvgIpc) is 2.73. The lowest BCUT2D eigenvalue weighted by molar-refractivity contribution is -0.390. The number of halogens is 4. The number of aromatic nitrogens is 5. The maximum atomic E-state index is 12.0. The second kappa shape index (κ2) is 11.3. The molecule has 19 heteroatoms. The molecule has 0 bridgehead atoms. The smallest absolute Gasteiger partial charge is 0.364 e. The molecule has 3 aromatic heterocycles. The van der Waals surface area contributed by atoms with Crippen LogP contribution < -0.4 is 4.72 Å². The van der Waals surface area contributed by atoms with Crippen LogP contribution in [-0.4, -0.2) is 55.2 Å². The summed E-state index contributed by atoms with van der Waals surface area (Å²) in [6.45, 7) is 0. The molecule has 0 unspecified atom stereocenters. The number of aromatic carboxylic acids is 1. The van der Waals surface area contributed by atoms with E-state index in [1.165, 1.54) is 0 Å². The Bertz CT molecular complexity index is 1400. The third kappa shape index (κ3) is 7.13. The highest BCUT2D eigenvalue weighted by Crippen LogP contribution is 2.16. The second-order valence-electron chi connectivity index (χ2n) is 5.50. The number of hydrogen-bond donors (Lipinski definition) is 2. The summed E-state index contributed by atoms with van der Waals surface area (Å²) in [6, 6.07) is 3.10. The first-order valence-corrected chi connectivity index (χ1v) is 11.1. The van der Waals surface area contributed by atoms with E-state index in [2.05, 4.69) is 24.9 Å². The molecule has 0 fully saturated rings. The van der Waals surface area contributed by atoms with E-state index in [0.717, 1.165) is 30.6 Å². The van der Waals surface area contributed by atoms with E-state index >= 15 is 0 Å². The third-order valence-electron chi connectivity index (χ3n) is 3.22. The Balaban J connectivity index is 0.000000800. The molecule has 0 aliphatic rings. The lowest BCUT2D eigenvalue weighted by Gasteiger charge is -2.04. The van der Waals surface area contributed by atoms with Crippen molar-refractivity contribution < 1.29 is 30.9 Å². The summed E-state index contributed by atoms with van der Waals surface area (Å²) >= 11 is 21.9. The molecule has 3 rings (SSSR count). The van der Waals surface area contributed by atoms with Gasteiger partial charge in [-0.25, -0.2) is 29.5 Å². The Morgan fingerprint density at radius 2 is 1.50 bits per heavy atom. The summed E-state index contributed by atoms with van der Waals surface area (Å²) in [5.41, 5.74) is -0.777. The Labute approximate surface area is 212 Å². The SMILES string of the molecule is O=C(NS(=O)(=O)c1cccc([N+](=O)[O-])n1)c1ncc(Cl)nc1Cl.O=C(O)c1ncc(Cl)nc1Cl.[HH].[HH]. The summed E-state index contributed by atoms with van der Waals surface area (Å²) < 4.78 is 25.7. The topological polar surface area (TPSA) is 208 Å². The number of carboxylic acid groups (broad SMARTS) is 1. The van der Waals surface area contributed by atoms with E-state index < -0.39 is 48.5 Å². The van der Waals surface area contributed by atoms with Crippen LogP contribution in [0.5, 0.6) is 0 Å². The molecular weight excluding hydrogens is 564 g/mol. The van der Waals surface area contributed by atoms with Gasteiger partial charge in [-0.05, 0) is 16.0 Å². The van der Waals surface area contributed by atoms with Crippen LogP contribution in [0.25, 0.3) is 0 Å². The van der Waals surface area contributed by atoms with Crippen LogP contribution in [0.15, 0.2) is 35.6 Å². The number of nitro groups is 1. The van der Waals surface area contributed by atoms with Gasteiger partial charge in [0.2, 0.25) is 0 Å². The van der Waals surface area contributed by atoms with Crippen molar-refractivity contribution >= 4 is 74.1 Å². The van der Waals surface area contributed by atoms with E-state index in [4.69, 9.17) is 51.5 Å². The molecule has 0 radical (unpaired) electrons. The van der Waals surface area contributed by atoms with Gasteiger partial charge >= 0.3 is 21.8 Å². The molecule has 34 heavy (non-hydrogen) atoms. The Morgan fingerprint density at radius 3 is 1.97 bits per heavy atom. The molecule has 3 aromatic rings. The second-order valence-corrected chi connectivity index (χ2v) is 8.61. The van der Waals surface area contributed by atoms with Gasteiger partial charge in [-0.15, -0.1) is 0 Å². The van der Waals surface area contributed by atoms with Crippen LogP contribution in [0.4, 0.5) is 5.82 Å². The highest BCUT2D eigenvalue weighted by atomic mass is 35.5. The molecule has 2 N–H and O–H groups in total. The van der Waals surface area contributed by atoms with Gasteiger partial charge in [-0.1, -0.05) is 46.4 Å². The fraction of sp³-hybridized carbons (Fsp3) is 0. The van der Waals surface area contributed by atoms with Crippen molar-refractivity contribution in [2.75, 3.05) is 0 Å². The largest absolute Gasteiger partial charge is 0.476 e. The van der Waals surface area contributed by atoms with Crippen LogP contribution in [0.2, 0.25) is 20.6 Å². The molecule has 14 nitrogen and oxygen atoms in total. The fourth-order valence-corrected chi connectivity index (χ4v) is 3.58. The summed E-state index contributed by atoms with van der Waals surface area (Å²) in [4.78, 5) is 49.3. The Hall–Kier alpha value is -3.24. The average molecular weight is 575 g/mol. The number of amides is 1. The summed E-state index contributed by atoms with van der Waals surface area (Å²) in [5.74, 6) is -3.10. The van der Waals surface area contributed by atoms with Crippen LogP contribution >= 0.6 is 46.4 Å². The molecule has 182 valence electrons. The van der Waals surface area contributed by atoms with Gasteiger partial charge in [-0.3, -0.25) is 4.79 Å². The standard InChI is InChI=1S/C10H5Cl2N5O5S.C5H2Cl2N2O2.2H2/c11-5-4-13-8(9(12)14-5)10(18)16-23(21,22)7-3-1-2-6(15-7)17(19)20;6-2-1-8-3(5(10)11)4(7)9-2;;/h1-4H,(H,16,18);1H,(H,10,11);2*1H. The summed E-state index contributed by atoms with van der Waals surface area (Å²) in [7, 11) is -4.47. The van der Waals surface area contributed by atoms with Gasteiger partial charge in [-0.2, -0.15) is 8.42 Å². The van der Waals surface area contributed by atoms with Crippen LogP contribution in [0, 0.1) is 10.1 Å². The minimum absolute atomic E-state index is 0. The highest BCUT2D eigenvalue weighted by molar-refractivity contribution is 7.90. The number of nitrogens with zero attached hydrogens (tertiary/aromatic N) is 6. The molecule has 0 saturated heterocycles. The van der Waals surface area contributed by atoms with E-state index in [1.54, 1.807) is 4.72 Å². The van der Waals surface area contributed by atoms with Crippen molar-refractivity contribution in [2.45, 2.75) is 5.03 Å². The normalized spacial score (nSPS) is 10.6. The van der Waals surface area contributed by atoms with Crippen molar-refractivity contribution in [2.24, 2.45) is 0 Å². The maximum Gasteiger partial charge on any atom is 0.364 e. The predicted molar refractivity (Wildman–Crippen MR) is 121 cm³/mol. The number of carbonyl (C=O) groups is 2. The van der Waals surface area contributed by atoms with Crippen molar-refractivity contribution in [3.05, 3.63) is 72.7 Å². The molecule has 1 amide bonds. The minimum atomic E-state index is -4.47. The lowest BCUT2D eigenvalue weighted by Crippen LogP contribution is -2.32. The third-order valence-corrected chi connectivity index (χ3v) is 5.34. The molecule has 0 atom stereocenters. The van der Waals surface area contributed by atoms with E-state index in [1.807, 2.05) is 0 Å². The molecule has 0 aromatic carbocycles. The fourth-order valence-electron chi connectivity index (χ4n) is 1.87. The number of carbonyl (C=O) groups excluding carboxylic acids is 1. The number of carboxylic acids is 1. The first-order valence-electron chi connectivity index (χ1n) is 8.09. The summed E-state index contributed by atoms with van der Waals surface area (Å²) in [6.07, 6.45) is 2.12. The predicted octanol–water partition coefficient (Wildman–Crippen LogP) is 3.18. The molecule has 0 saturated carbocycles. The maximum absolute atomic E-state index is 12.0. The van der Waals surface area contributed by atoms with Crippen molar-refractivity contribution in [3.8, 4) is 0 Å². The minimum Gasteiger partial charge on any atom is -0.476 e. The lowest BCUT2D eigenvalue weighted by atomic mass is 10.4. The first kappa shape index (κ1) is 27.0. The van der Waals surface area contributed by atoms with Crippen LogP contribution in [-0.2, 0) is 10.0 Å². The van der Waals surface area contributed by atoms with Gasteiger partial charge in [0.25, 0.3) is 10.9 Å². The Morgan fingerprint density at radius 1 is 0.971 bits per heavy atom.